The molecule has 4 heteroatoms. The maximum Gasteiger partial charge on any atom is 0.286 e. The molecule has 1 aromatic heterocycles. The molecule has 1 unspecified atom stereocenters. The third-order valence-corrected chi connectivity index (χ3v) is 1.66. The van der Waals surface area contributed by atoms with Crippen molar-refractivity contribution in [3.63, 3.8) is 0 Å². The normalized spacial score (nSPS) is 13.4. The Morgan fingerprint density at radius 1 is 1.82 bits per heavy atom. The largest absolute Gasteiger partial charge is 0.393 e. The Balaban J connectivity index is 2.81. The first-order valence-electron chi connectivity index (χ1n) is 3.46. The fourth-order valence-electron chi connectivity index (χ4n) is 1.01. The third kappa shape index (κ3) is 1.58. The lowest BCUT2D eigenvalue weighted by atomic mass is 10.3. The molecule has 0 radical (unpaired) electrons. The van der Waals surface area contributed by atoms with Crippen molar-refractivity contribution in [2.24, 2.45) is 7.05 Å². The van der Waals surface area contributed by atoms with Gasteiger partial charge in [0.2, 0.25) is 0 Å². The van der Waals surface area contributed by atoms with Crippen LogP contribution in [0.25, 0.3) is 0 Å². The second-order valence-corrected chi connectivity index (χ2v) is 2.36. The predicted molar refractivity (Wildman–Crippen MR) is 38.8 cm³/mol. The number of aryl methyl sites for hydroxylation is 1. The number of methoxy groups -OCH3 is 1. The molecule has 0 amide bonds. The molecule has 1 aromatic rings. The standard InChI is InChI=1S/C7H12N2O2/c1-9-4-3-8-7(9)6(5-10)11-2/h3-4,6,10H,5H2,1-2H3/p+1. The van der Waals surface area contributed by atoms with Gasteiger partial charge in [0.15, 0.2) is 6.10 Å². The van der Waals surface area contributed by atoms with E-state index in [0.717, 1.165) is 5.82 Å². The fourth-order valence-corrected chi connectivity index (χ4v) is 1.01. The highest BCUT2D eigenvalue weighted by Crippen LogP contribution is 2.07. The Hall–Kier alpha value is -0.870. The van der Waals surface area contributed by atoms with Gasteiger partial charge in [-0.3, -0.25) is 0 Å². The number of rotatable bonds is 3. The van der Waals surface area contributed by atoms with Crippen molar-refractivity contribution in [1.82, 2.24) is 4.98 Å². The monoisotopic (exact) mass is 157 g/mol. The van der Waals surface area contributed by atoms with E-state index in [0.29, 0.717) is 0 Å². The van der Waals surface area contributed by atoms with Crippen molar-refractivity contribution in [2.75, 3.05) is 13.7 Å². The summed E-state index contributed by atoms with van der Waals surface area (Å²) in [7, 11) is 3.47. The minimum Gasteiger partial charge on any atom is -0.393 e. The first-order chi connectivity index (χ1) is 5.29. The molecule has 0 aliphatic carbocycles. The van der Waals surface area contributed by atoms with Crippen molar-refractivity contribution >= 4 is 0 Å². The molecular formula is C7H13N2O2+. The number of nitrogens with zero attached hydrogens (tertiary/aromatic N) is 1. The van der Waals surface area contributed by atoms with Crippen LogP contribution in [0.1, 0.15) is 11.9 Å². The second-order valence-electron chi connectivity index (χ2n) is 2.36. The number of aromatic amines is 1. The number of imidazole rings is 1. The maximum atomic E-state index is 8.86. The van der Waals surface area contributed by atoms with Gasteiger partial charge in [-0.25, -0.2) is 9.55 Å². The molecule has 0 bridgehead atoms. The van der Waals surface area contributed by atoms with Gasteiger partial charge in [0.05, 0.1) is 13.7 Å². The van der Waals surface area contributed by atoms with Crippen LogP contribution in [0.5, 0.6) is 0 Å². The van der Waals surface area contributed by atoms with Gasteiger partial charge in [0, 0.05) is 7.11 Å². The smallest absolute Gasteiger partial charge is 0.286 e. The van der Waals surface area contributed by atoms with Crippen molar-refractivity contribution in [3.05, 3.63) is 18.2 Å². The molecule has 0 aromatic carbocycles. The maximum absolute atomic E-state index is 8.86. The van der Waals surface area contributed by atoms with Crippen LogP contribution in [0.15, 0.2) is 12.4 Å². The fraction of sp³-hybridized carbons (Fsp3) is 0.571. The molecule has 1 rings (SSSR count). The van der Waals surface area contributed by atoms with E-state index >= 15 is 0 Å². The zero-order valence-electron chi connectivity index (χ0n) is 6.74. The van der Waals surface area contributed by atoms with Crippen molar-refractivity contribution in [3.8, 4) is 0 Å². The molecule has 2 N–H and O–H groups in total. The molecule has 0 saturated carbocycles. The van der Waals surface area contributed by atoms with Crippen molar-refractivity contribution < 1.29 is 14.4 Å². The van der Waals surface area contributed by atoms with E-state index < -0.39 is 0 Å². The van der Waals surface area contributed by atoms with Gasteiger partial charge >= 0.3 is 0 Å². The number of H-pyrrole nitrogens is 1. The van der Waals surface area contributed by atoms with Crippen LogP contribution >= 0.6 is 0 Å². The molecular weight excluding hydrogens is 144 g/mol. The van der Waals surface area contributed by atoms with Crippen LogP contribution in [0.3, 0.4) is 0 Å². The number of aromatic nitrogens is 2. The van der Waals surface area contributed by atoms with E-state index in [4.69, 9.17) is 9.84 Å². The van der Waals surface area contributed by atoms with Gasteiger partial charge in [-0.15, -0.1) is 0 Å². The molecule has 0 fully saturated rings. The number of hydrogen-bond donors (Lipinski definition) is 2. The lowest BCUT2D eigenvalue weighted by Gasteiger charge is -2.05. The van der Waals surface area contributed by atoms with Gasteiger partial charge in [-0.05, 0) is 0 Å². The predicted octanol–water partition coefficient (Wildman–Crippen LogP) is -0.481. The Labute approximate surface area is 65.4 Å². The zero-order chi connectivity index (χ0) is 8.27. The van der Waals surface area contributed by atoms with Gasteiger partial charge < -0.3 is 9.84 Å². The quantitative estimate of drug-likeness (QED) is 0.582. The molecule has 1 atom stereocenters. The molecule has 0 spiro atoms. The highest BCUT2D eigenvalue weighted by molar-refractivity contribution is 4.83. The van der Waals surface area contributed by atoms with Crippen LogP contribution in [-0.2, 0) is 11.8 Å². The first kappa shape index (κ1) is 8.23. The number of aliphatic hydroxyl groups excluding tert-OH is 1. The van der Waals surface area contributed by atoms with E-state index in [2.05, 4.69) is 4.98 Å². The summed E-state index contributed by atoms with van der Waals surface area (Å²) >= 11 is 0. The van der Waals surface area contributed by atoms with Gasteiger partial charge in [0.1, 0.15) is 12.4 Å². The highest BCUT2D eigenvalue weighted by Gasteiger charge is 2.19. The highest BCUT2D eigenvalue weighted by atomic mass is 16.5. The summed E-state index contributed by atoms with van der Waals surface area (Å²) in [4.78, 5) is 2.99. The molecule has 0 aliphatic rings. The minimum atomic E-state index is -0.255. The lowest BCUT2D eigenvalue weighted by Crippen LogP contribution is -2.33. The summed E-state index contributed by atoms with van der Waals surface area (Å²) < 4.78 is 6.90. The van der Waals surface area contributed by atoms with Crippen LogP contribution in [0, 0.1) is 0 Å². The van der Waals surface area contributed by atoms with E-state index in [1.54, 1.807) is 13.3 Å². The number of nitrogens with one attached hydrogen (secondary N) is 1. The second kappa shape index (κ2) is 3.50. The molecule has 11 heavy (non-hydrogen) atoms. The molecule has 0 aliphatic heterocycles. The van der Waals surface area contributed by atoms with E-state index in [1.165, 1.54) is 0 Å². The minimum absolute atomic E-state index is 0.00907. The molecule has 1 heterocycles. The molecule has 62 valence electrons. The number of ether oxygens (including phenoxy) is 1. The summed E-state index contributed by atoms with van der Waals surface area (Å²) in [6.07, 6.45) is 3.42. The average molecular weight is 157 g/mol. The van der Waals surface area contributed by atoms with Crippen molar-refractivity contribution in [1.29, 1.82) is 0 Å². The van der Waals surface area contributed by atoms with E-state index in [-0.39, 0.29) is 12.7 Å². The van der Waals surface area contributed by atoms with Crippen LogP contribution in [0.2, 0.25) is 0 Å². The Kier molecular flexibility index (Phi) is 2.62. The van der Waals surface area contributed by atoms with E-state index in [1.807, 2.05) is 17.8 Å². The Morgan fingerprint density at radius 3 is 2.91 bits per heavy atom. The number of aliphatic hydroxyl groups is 1. The summed E-state index contributed by atoms with van der Waals surface area (Å²) in [5.74, 6) is 0.870. The van der Waals surface area contributed by atoms with Gasteiger partial charge in [-0.1, -0.05) is 0 Å². The van der Waals surface area contributed by atoms with Crippen LogP contribution < -0.4 is 4.57 Å². The zero-order valence-corrected chi connectivity index (χ0v) is 6.74. The molecule has 4 nitrogen and oxygen atoms in total. The lowest BCUT2D eigenvalue weighted by molar-refractivity contribution is -0.681. The average Bonchev–Trinajstić information content (AvgIpc) is 2.40. The summed E-state index contributed by atoms with van der Waals surface area (Å²) in [6, 6.07) is 0. The summed E-state index contributed by atoms with van der Waals surface area (Å²) in [5, 5.41) is 8.86. The third-order valence-electron chi connectivity index (χ3n) is 1.66. The topological polar surface area (TPSA) is 49.1 Å². The van der Waals surface area contributed by atoms with Crippen molar-refractivity contribution in [2.45, 2.75) is 6.10 Å². The van der Waals surface area contributed by atoms with Gasteiger partial charge in [0.25, 0.3) is 5.82 Å². The SMILES string of the molecule is COC(CO)c1[nH]cc[n+]1C. The Morgan fingerprint density at radius 2 is 2.55 bits per heavy atom. The summed E-state index contributed by atoms with van der Waals surface area (Å²) in [5.41, 5.74) is 0. The number of hydrogen-bond acceptors (Lipinski definition) is 2. The summed E-state index contributed by atoms with van der Waals surface area (Å²) in [6.45, 7) is -0.00907. The Bertz CT molecular complexity index is 218. The van der Waals surface area contributed by atoms with Crippen LogP contribution in [-0.4, -0.2) is 23.8 Å². The van der Waals surface area contributed by atoms with Gasteiger partial charge in [-0.2, -0.15) is 0 Å². The first-order valence-corrected chi connectivity index (χ1v) is 3.46. The van der Waals surface area contributed by atoms with Crippen LogP contribution in [0.4, 0.5) is 0 Å². The molecule has 0 saturated heterocycles. The van der Waals surface area contributed by atoms with E-state index in [9.17, 15) is 0 Å².